The monoisotopic (exact) mass is 422 g/mol. The van der Waals surface area contributed by atoms with E-state index in [0.29, 0.717) is 0 Å². The molecule has 156 valence electrons. The molecule has 4 aromatic carbocycles. The van der Waals surface area contributed by atoms with Gasteiger partial charge in [0.25, 0.3) is 0 Å². The zero-order chi connectivity index (χ0) is 22.0. The minimum Gasteiger partial charge on any atom is -0.355 e. The van der Waals surface area contributed by atoms with Crippen LogP contribution in [0.4, 0.5) is 0 Å². The van der Waals surface area contributed by atoms with Gasteiger partial charge in [-0.3, -0.25) is 4.99 Å². The van der Waals surface area contributed by atoms with Crippen molar-refractivity contribution < 1.29 is 0 Å². The molecule has 2 heterocycles. The number of aromatic amines is 1. The highest BCUT2D eigenvalue weighted by Gasteiger charge is 2.13. The standard InChI is InChI=1S/C31H22N2/c1-2-9-22(10-3-1)31(29-15-8-20-32-29)30-19-17-25(33-30)16-18-28-26-13-6-4-11-23(26)21-24-12-5-7-14-27(24)28/h1-21,33H/b18-16+,31-29-. The predicted molar refractivity (Wildman–Crippen MR) is 141 cm³/mol. The molecule has 0 amide bonds. The molecular formula is C31H22N2. The van der Waals surface area contributed by atoms with E-state index < -0.39 is 0 Å². The lowest BCUT2D eigenvalue weighted by atomic mass is 9.96. The van der Waals surface area contributed by atoms with Crippen molar-refractivity contribution in [2.45, 2.75) is 0 Å². The topological polar surface area (TPSA) is 28.1 Å². The van der Waals surface area contributed by atoms with E-state index in [4.69, 9.17) is 0 Å². The van der Waals surface area contributed by atoms with E-state index in [0.717, 1.165) is 28.2 Å². The molecule has 0 saturated heterocycles. The normalized spacial score (nSPS) is 14.7. The molecule has 1 aromatic heterocycles. The Hall–Kier alpha value is -4.43. The zero-order valence-corrected chi connectivity index (χ0v) is 18.1. The molecule has 0 unspecified atom stereocenters. The first-order chi connectivity index (χ1) is 16.4. The Labute approximate surface area is 192 Å². The molecule has 1 aliphatic heterocycles. The minimum atomic E-state index is 0.971. The van der Waals surface area contributed by atoms with Crippen LogP contribution in [0.3, 0.4) is 0 Å². The highest BCUT2D eigenvalue weighted by Crippen LogP contribution is 2.31. The molecule has 0 fully saturated rings. The molecule has 0 atom stereocenters. The average Bonchev–Trinajstić information content (AvgIpc) is 3.56. The number of rotatable bonds is 4. The quantitative estimate of drug-likeness (QED) is 0.285. The summed E-state index contributed by atoms with van der Waals surface area (Å²) in [6.07, 6.45) is 10.3. The number of benzene rings is 4. The van der Waals surface area contributed by atoms with E-state index in [9.17, 15) is 0 Å². The number of hydrogen-bond donors (Lipinski definition) is 1. The van der Waals surface area contributed by atoms with Gasteiger partial charge in [0, 0.05) is 23.2 Å². The van der Waals surface area contributed by atoms with Crippen molar-refractivity contribution in [1.82, 2.24) is 4.98 Å². The third-order valence-electron chi connectivity index (χ3n) is 6.09. The van der Waals surface area contributed by atoms with E-state index in [1.807, 2.05) is 18.4 Å². The largest absolute Gasteiger partial charge is 0.355 e. The van der Waals surface area contributed by atoms with Crippen molar-refractivity contribution in [3.63, 3.8) is 0 Å². The summed E-state index contributed by atoms with van der Waals surface area (Å²) in [5.41, 5.74) is 6.58. The molecule has 1 N–H and O–H groups in total. The van der Waals surface area contributed by atoms with Crippen molar-refractivity contribution in [2.75, 3.05) is 0 Å². The van der Waals surface area contributed by atoms with E-state index in [1.165, 1.54) is 27.1 Å². The summed E-state index contributed by atoms with van der Waals surface area (Å²) in [6.45, 7) is 0. The Balaban J connectivity index is 1.44. The van der Waals surface area contributed by atoms with Crippen LogP contribution < -0.4 is 0 Å². The summed E-state index contributed by atoms with van der Waals surface area (Å²) in [7, 11) is 0. The number of nitrogens with zero attached hydrogens (tertiary/aromatic N) is 1. The number of fused-ring (bicyclic) bond motifs is 2. The second-order valence-corrected chi connectivity index (χ2v) is 8.16. The van der Waals surface area contributed by atoms with Crippen LogP contribution in [0.2, 0.25) is 0 Å². The van der Waals surface area contributed by atoms with Gasteiger partial charge < -0.3 is 4.98 Å². The third kappa shape index (κ3) is 3.62. The Kier molecular flexibility index (Phi) is 4.82. The Morgan fingerprint density at radius 1 is 0.697 bits per heavy atom. The summed E-state index contributed by atoms with van der Waals surface area (Å²) in [4.78, 5) is 8.17. The van der Waals surface area contributed by atoms with Crippen LogP contribution in [-0.4, -0.2) is 11.2 Å². The highest BCUT2D eigenvalue weighted by atomic mass is 14.8. The first-order valence-corrected chi connectivity index (χ1v) is 11.2. The molecule has 33 heavy (non-hydrogen) atoms. The second kappa shape index (κ2) is 8.25. The Bertz CT molecular complexity index is 1530. The smallest absolute Gasteiger partial charge is 0.0729 e. The molecule has 0 spiro atoms. The molecule has 0 saturated carbocycles. The third-order valence-corrected chi connectivity index (χ3v) is 6.09. The summed E-state index contributed by atoms with van der Waals surface area (Å²) in [5, 5.41) is 5.03. The van der Waals surface area contributed by atoms with Crippen molar-refractivity contribution in [3.8, 4) is 0 Å². The van der Waals surface area contributed by atoms with Crippen molar-refractivity contribution in [1.29, 1.82) is 0 Å². The summed E-state index contributed by atoms with van der Waals surface area (Å²) < 4.78 is 0. The van der Waals surface area contributed by atoms with Crippen LogP contribution in [0.15, 0.2) is 120 Å². The van der Waals surface area contributed by atoms with E-state index >= 15 is 0 Å². The van der Waals surface area contributed by atoms with E-state index in [2.05, 4.69) is 119 Å². The van der Waals surface area contributed by atoms with Gasteiger partial charge in [-0.2, -0.15) is 0 Å². The number of allylic oxidation sites excluding steroid dienone is 2. The fourth-order valence-corrected chi connectivity index (χ4v) is 4.55. The first-order valence-electron chi connectivity index (χ1n) is 11.2. The fraction of sp³-hybridized carbons (Fsp3) is 0. The van der Waals surface area contributed by atoms with Crippen LogP contribution in [0, 0.1) is 0 Å². The number of nitrogens with one attached hydrogen (secondary N) is 1. The molecular weight excluding hydrogens is 400 g/mol. The van der Waals surface area contributed by atoms with Gasteiger partial charge in [-0.15, -0.1) is 0 Å². The summed E-state index contributed by atoms with van der Waals surface area (Å²) in [6, 6.07) is 34.1. The lowest BCUT2D eigenvalue weighted by Gasteiger charge is -2.09. The maximum atomic E-state index is 4.57. The van der Waals surface area contributed by atoms with Crippen LogP contribution in [0.5, 0.6) is 0 Å². The molecule has 1 aliphatic rings. The Morgan fingerprint density at radius 2 is 1.39 bits per heavy atom. The average molecular weight is 423 g/mol. The molecule has 2 nitrogen and oxygen atoms in total. The predicted octanol–water partition coefficient (Wildman–Crippen LogP) is 7.89. The number of hydrogen-bond acceptors (Lipinski definition) is 1. The summed E-state index contributed by atoms with van der Waals surface area (Å²) in [5.74, 6) is 0. The Morgan fingerprint density at radius 3 is 2.09 bits per heavy atom. The van der Waals surface area contributed by atoms with Crippen molar-refractivity contribution in [3.05, 3.63) is 137 Å². The minimum absolute atomic E-state index is 0.971. The highest BCUT2D eigenvalue weighted by molar-refractivity contribution is 6.07. The number of H-pyrrole nitrogens is 1. The van der Waals surface area contributed by atoms with Gasteiger partial charge in [0.15, 0.2) is 0 Å². The van der Waals surface area contributed by atoms with Gasteiger partial charge in [0.1, 0.15) is 0 Å². The maximum Gasteiger partial charge on any atom is 0.0729 e. The van der Waals surface area contributed by atoms with Gasteiger partial charge >= 0.3 is 0 Å². The molecule has 0 radical (unpaired) electrons. The number of aromatic nitrogens is 1. The number of aliphatic imine (C=N–C) groups is 1. The van der Waals surface area contributed by atoms with Crippen molar-refractivity contribution in [2.24, 2.45) is 4.99 Å². The molecule has 0 bridgehead atoms. The van der Waals surface area contributed by atoms with Crippen LogP contribution in [0.1, 0.15) is 22.5 Å². The summed E-state index contributed by atoms with van der Waals surface area (Å²) >= 11 is 0. The molecule has 0 aliphatic carbocycles. The molecule has 5 aromatic rings. The molecule has 6 rings (SSSR count). The SMILES string of the molecule is C1=C/C(=C(\c2ccccc2)c2ccc(/C=C/c3c4ccccc4cc4ccccc34)[nH]2)N=C1. The lowest BCUT2D eigenvalue weighted by molar-refractivity contribution is 1.30. The fourth-order valence-electron chi connectivity index (χ4n) is 4.55. The van der Waals surface area contributed by atoms with Gasteiger partial charge in [0.05, 0.1) is 5.70 Å². The van der Waals surface area contributed by atoms with Gasteiger partial charge in [0.2, 0.25) is 0 Å². The van der Waals surface area contributed by atoms with Crippen LogP contribution in [-0.2, 0) is 0 Å². The van der Waals surface area contributed by atoms with Gasteiger partial charge in [-0.1, -0.05) is 84.9 Å². The lowest BCUT2D eigenvalue weighted by Crippen LogP contribution is -1.91. The van der Waals surface area contributed by atoms with Crippen LogP contribution in [0.25, 0.3) is 39.3 Å². The second-order valence-electron chi connectivity index (χ2n) is 8.16. The van der Waals surface area contributed by atoms with Crippen molar-refractivity contribution >= 4 is 45.5 Å². The van der Waals surface area contributed by atoms with Crippen LogP contribution >= 0.6 is 0 Å². The van der Waals surface area contributed by atoms with E-state index in [1.54, 1.807) is 0 Å². The van der Waals surface area contributed by atoms with E-state index in [-0.39, 0.29) is 0 Å². The molecule has 2 heteroatoms. The van der Waals surface area contributed by atoms with Gasteiger partial charge in [-0.25, -0.2) is 0 Å². The maximum absolute atomic E-state index is 4.57. The first kappa shape index (κ1) is 19.3. The van der Waals surface area contributed by atoms with Gasteiger partial charge in [-0.05, 0) is 69.1 Å². The zero-order valence-electron chi connectivity index (χ0n) is 18.1.